The van der Waals surface area contributed by atoms with Gasteiger partial charge in [0.2, 0.25) is 0 Å². The van der Waals surface area contributed by atoms with Gasteiger partial charge in [-0.25, -0.2) is 14.4 Å². The van der Waals surface area contributed by atoms with Gasteiger partial charge in [-0.1, -0.05) is 29.8 Å². The highest BCUT2D eigenvalue weighted by Crippen LogP contribution is 2.29. The van der Waals surface area contributed by atoms with Crippen molar-refractivity contribution in [3.05, 3.63) is 65.2 Å². The maximum absolute atomic E-state index is 13.0. The molecule has 1 aromatic heterocycles. The van der Waals surface area contributed by atoms with Crippen molar-refractivity contribution in [3.8, 4) is 0 Å². The molecule has 3 aromatic rings. The summed E-state index contributed by atoms with van der Waals surface area (Å²) in [5.41, 5.74) is 1.75. The fourth-order valence-electron chi connectivity index (χ4n) is 2.22. The lowest BCUT2D eigenvalue weighted by atomic mass is 10.1. The van der Waals surface area contributed by atoms with Gasteiger partial charge in [-0.3, -0.25) is 0 Å². The highest BCUT2D eigenvalue weighted by atomic mass is 35.5. The minimum absolute atomic E-state index is 0.0278. The zero-order chi connectivity index (χ0) is 14.8. The molecule has 0 amide bonds. The normalized spacial score (nSPS) is 12.3. The van der Waals surface area contributed by atoms with E-state index in [9.17, 15) is 4.39 Å². The molecule has 3 rings (SSSR count). The highest BCUT2D eigenvalue weighted by molar-refractivity contribution is 6.36. The SMILES string of the molecule is C[C@H](Nc1ncnc2cccc(Cl)c12)c1ccc(F)cc1. The van der Waals surface area contributed by atoms with Crippen molar-refractivity contribution in [3.63, 3.8) is 0 Å². The fraction of sp³-hybridized carbons (Fsp3) is 0.125. The number of fused-ring (bicyclic) bond motifs is 1. The number of rotatable bonds is 3. The Morgan fingerprint density at radius 1 is 1.10 bits per heavy atom. The van der Waals surface area contributed by atoms with E-state index in [4.69, 9.17) is 11.6 Å². The van der Waals surface area contributed by atoms with E-state index in [1.807, 2.05) is 19.1 Å². The highest BCUT2D eigenvalue weighted by Gasteiger charge is 2.11. The summed E-state index contributed by atoms with van der Waals surface area (Å²) in [6.07, 6.45) is 1.50. The summed E-state index contributed by atoms with van der Waals surface area (Å²) in [7, 11) is 0. The molecule has 21 heavy (non-hydrogen) atoms. The number of hydrogen-bond donors (Lipinski definition) is 1. The molecule has 0 unspecified atom stereocenters. The Morgan fingerprint density at radius 2 is 1.86 bits per heavy atom. The van der Waals surface area contributed by atoms with Crippen molar-refractivity contribution in [1.82, 2.24) is 9.97 Å². The molecule has 3 nitrogen and oxygen atoms in total. The van der Waals surface area contributed by atoms with E-state index < -0.39 is 0 Å². The number of nitrogens with zero attached hydrogens (tertiary/aromatic N) is 2. The van der Waals surface area contributed by atoms with Crippen molar-refractivity contribution in [2.45, 2.75) is 13.0 Å². The molecule has 106 valence electrons. The molecule has 1 heterocycles. The van der Waals surface area contributed by atoms with Crippen molar-refractivity contribution >= 4 is 28.3 Å². The minimum Gasteiger partial charge on any atom is -0.363 e. The second-order valence-electron chi connectivity index (χ2n) is 4.77. The average molecular weight is 302 g/mol. The van der Waals surface area contributed by atoms with Crippen molar-refractivity contribution in [1.29, 1.82) is 0 Å². The summed E-state index contributed by atoms with van der Waals surface area (Å²) in [5.74, 6) is 0.420. The predicted octanol–water partition coefficient (Wildman–Crippen LogP) is 4.60. The second kappa shape index (κ2) is 5.66. The van der Waals surface area contributed by atoms with E-state index in [0.717, 1.165) is 16.5 Å². The van der Waals surface area contributed by atoms with Gasteiger partial charge in [0.25, 0.3) is 0 Å². The number of nitrogens with one attached hydrogen (secondary N) is 1. The minimum atomic E-state index is -0.249. The molecule has 0 saturated carbocycles. The van der Waals surface area contributed by atoms with Crippen LogP contribution in [0.3, 0.4) is 0 Å². The molecule has 0 bridgehead atoms. The Labute approximate surface area is 126 Å². The molecule has 5 heteroatoms. The van der Waals surface area contributed by atoms with E-state index in [1.54, 1.807) is 18.2 Å². The molecule has 0 aliphatic heterocycles. The standard InChI is InChI=1S/C16H13ClFN3/c1-10(11-5-7-12(18)8-6-11)21-16-15-13(17)3-2-4-14(15)19-9-20-16/h2-10H,1H3,(H,19,20,21)/t10-/m0/s1. The molecule has 0 aliphatic carbocycles. The van der Waals surface area contributed by atoms with Crippen LogP contribution >= 0.6 is 11.6 Å². The number of hydrogen-bond acceptors (Lipinski definition) is 3. The molecular formula is C16H13ClFN3. The molecule has 1 N–H and O–H groups in total. The summed E-state index contributed by atoms with van der Waals surface area (Å²) >= 11 is 6.24. The third kappa shape index (κ3) is 2.81. The molecule has 2 aromatic carbocycles. The lowest BCUT2D eigenvalue weighted by molar-refractivity contribution is 0.626. The van der Waals surface area contributed by atoms with Crippen LogP contribution in [0, 0.1) is 5.82 Å². The fourth-order valence-corrected chi connectivity index (χ4v) is 2.48. The van der Waals surface area contributed by atoms with Gasteiger partial charge in [0.05, 0.1) is 15.9 Å². The second-order valence-corrected chi connectivity index (χ2v) is 5.18. The molecule has 0 aliphatic rings. The summed E-state index contributed by atoms with van der Waals surface area (Å²) in [4.78, 5) is 8.48. The largest absolute Gasteiger partial charge is 0.363 e. The first-order valence-corrected chi connectivity index (χ1v) is 6.94. The van der Waals surface area contributed by atoms with Gasteiger partial charge in [-0.2, -0.15) is 0 Å². The van der Waals surface area contributed by atoms with E-state index in [0.29, 0.717) is 10.8 Å². The lowest BCUT2D eigenvalue weighted by Crippen LogP contribution is -2.08. The third-order valence-electron chi connectivity index (χ3n) is 3.34. The monoisotopic (exact) mass is 301 g/mol. The number of aromatic nitrogens is 2. The Hall–Kier alpha value is -2.20. The van der Waals surface area contributed by atoms with Crippen LogP contribution in [-0.4, -0.2) is 9.97 Å². The third-order valence-corrected chi connectivity index (χ3v) is 3.65. The topological polar surface area (TPSA) is 37.8 Å². The van der Waals surface area contributed by atoms with Gasteiger partial charge in [0.15, 0.2) is 0 Å². The van der Waals surface area contributed by atoms with E-state index >= 15 is 0 Å². The van der Waals surface area contributed by atoms with Gasteiger partial charge in [-0.15, -0.1) is 0 Å². The van der Waals surface area contributed by atoms with Gasteiger partial charge in [0, 0.05) is 6.04 Å². The van der Waals surface area contributed by atoms with Crippen LogP contribution < -0.4 is 5.32 Å². The van der Waals surface area contributed by atoms with Crippen molar-refractivity contribution in [2.75, 3.05) is 5.32 Å². The molecular weight excluding hydrogens is 289 g/mol. The zero-order valence-corrected chi connectivity index (χ0v) is 12.1. The summed E-state index contributed by atoms with van der Waals surface area (Å²) in [6, 6.07) is 11.9. The van der Waals surface area contributed by atoms with Gasteiger partial charge in [0.1, 0.15) is 18.0 Å². The van der Waals surface area contributed by atoms with E-state index in [1.165, 1.54) is 18.5 Å². The van der Waals surface area contributed by atoms with Crippen LogP contribution in [0.15, 0.2) is 48.8 Å². The van der Waals surface area contributed by atoms with Gasteiger partial charge >= 0.3 is 0 Å². The first-order chi connectivity index (χ1) is 10.1. The first-order valence-electron chi connectivity index (χ1n) is 6.56. The molecule has 1 atom stereocenters. The number of halogens is 2. The Kier molecular flexibility index (Phi) is 3.71. The summed E-state index contributed by atoms with van der Waals surface area (Å²) in [5, 5.41) is 4.69. The van der Waals surface area contributed by atoms with Crippen molar-refractivity contribution < 1.29 is 4.39 Å². The van der Waals surface area contributed by atoms with Gasteiger partial charge < -0.3 is 5.32 Å². The first kappa shape index (κ1) is 13.8. The molecule has 0 fully saturated rings. The van der Waals surface area contributed by atoms with Gasteiger partial charge in [-0.05, 0) is 36.8 Å². The number of benzene rings is 2. The summed E-state index contributed by atoms with van der Waals surface area (Å²) < 4.78 is 13.0. The predicted molar refractivity (Wildman–Crippen MR) is 83.0 cm³/mol. The average Bonchev–Trinajstić information content (AvgIpc) is 2.48. The summed E-state index contributed by atoms with van der Waals surface area (Å²) in [6.45, 7) is 1.98. The van der Waals surface area contributed by atoms with Crippen LogP contribution in [0.1, 0.15) is 18.5 Å². The maximum Gasteiger partial charge on any atom is 0.139 e. The van der Waals surface area contributed by atoms with Crippen LogP contribution in [0.25, 0.3) is 10.9 Å². The van der Waals surface area contributed by atoms with Crippen LogP contribution in [-0.2, 0) is 0 Å². The smallest absolute Gasteiger partial charge is 0.139 e. The Balaban J connectivity index is 1.96. The van der Waals surface area contributed by atoms with Crippen LogP contribution in [0.2, 0.25) is 5.02 Å². The lowest BCUT2D eigenvalue weighted by Gasteiger charge is -2.16. The Morgan fingerprint density at radius 3 is 2.62 bits per heavy atom. The Bertz CT molecular complexity index is 769. The van der Waals surface area contributed by atoms with Crippen molar-refractivity contribution in [2.24, 2.45) is 0 Å². The zero-order valence-electron chi connectivity index (χ0n) is 11.3. The molecule has 0 radical (unpaired) electrons. The van der Waals surface area contributed by atoms with E-state index in [-0.39, 0.29) is 11.9 Å². The van der Waals surface area contributed by atoms with Crippen LogP contribution in [0.4, 0.5) is 10.2 Å². The number of anilines is 1. The van der Waals surface area contributed by atoms with E-state index in [2.05, 4.69) is 15.3 Å². The quantitative estimate of drug-likeness (QED) is 0.768. The maximum atomic E-state index is 13.0. The molecule has 0 spiro atoms. The van der Waals surface area contributed by atoms with Crippen LogP contribution in [0.5, 0.6) is 0 Å². The molecule has 0 saturated heterocycles.